The Labute approximate surface area is 191 Å². The number of furan rings is 1. The molecule has 154 valence electrons. The van der Waals surface area contributed by atoms with E-state index >= 15 is 0 Å². The van der Waals surface area contributed by atoms with Crippen LogP contribution < -0.4 is 5.32 Å². The molecule has 0 aliphatic carbocycles. The summed E-state index contributed by atoms with van der Waals surface area (Å²) < 4.78 is 7.80. The lowest BCUT2D eigenvalue weighted by Crippen LogP contribution is -2.15. The molecular formula is C20H15Cl3N4O2S. The molecule has 4 rings (SSSR count). The number of hydrogen-bond acceptors (Lipinski definition) is 5. The summed E-state index contributed by atoms with van der Waals surface area (Å²) in [5.74, 6) is 1.07. The molecule has 0 saturated carbocycles. The monoisotopic (exact) mass is 480 g/mol. The fourth-order valence-corrected chi connectivity index (χ4v) is 4.64. The lowest BCUT2D eigenvalue weighted by Gasteiger charge is -2.10. The van der Waals surface area contributed by atoms with Crippen LogP contribution in [0.15, 0.2) is 52.0 Å². The van der Waals surface area contributed by atoms with Gasteiger partial charge in [-0.1, -0.05) is 64.8 Å². The number of para-hydroxylation sites is 1. The Morgan fingerprint density at radius 3 is 2.57 bits per heavy atom. The molecule has 0 spiro atoms. The second kappa shape index (κ2) is 8.89. The first-order chi connectivity index (χ1) is 14.5. The van der Waals surface area contributed by atoms with Crippen molar-refractivity contribution in [1.82, 2.24) is 14.8 Å². The van der Waals surface area contributed by atoms with Crippen molar-refractivity contribution >= 4 is 69.1 Å². The summed E-state index contributed by atoms with van der Waals surface area (Å²) in [6.07, 6.45) is 0. The highest BCUT2D eigenvalue weighted by molar-refractivity contribution is 7.99. The van der Waals surface area contributed by atoms with E-state index in [1.165, 1.54) is 23.9 Å². The van der Waals surface area contributed by atoms with E-state index in [2.05, 4.69) is 15.5 Å². The molecule has 0 bridgehead atoms. The van der Waals surface area contributed by atoms with Gasteiger partial charge in [-0.3, -0.25) is 9.36 Å². The zero-order valence-electron chi connectivity index (χ0n) is 15.7. The van der Waals surface area contributed by atoms with Crippen LogP contribution in [-0.4, -0.2) is 26.4 Å². The van der Waals surface area contributed by atoms with E-state index in [9.17, 15) is 4.79 Å². The van der Waals surface area contributed by atoms with Crippen molar-refractivity contribution in [1.29, 1.82) is 0 Å². The molecule has 2 heterocycles. The largest absolute Gasteiger partial charge is 0.453 e. The Morgan fingerprint density at radius 2 is 1.87 bits per heavy atom. The Bertz CT molecular complexity index is 1180. The number of aromatic nitrogens is 3. The number of carbonyl (C=O) groups excluding carboxylic acids is 1. The van der Waals surface area contributed by atoms with Crippen LogP contribution in [0.2, 0.25) is 15.1 Å². The minimum Gasteiger partial charge on any atom is -0.453 e. The van der Waals surface area contributed by atoms with E-state index in [4.69, 9.17) is 39.2 Å². The molecule has 1 amide bonds. The first kappa shape index (κ1) is 21.1. The zero-order chi connectivity index (χ0) is 21.3. The van der Waals surface area contributed by atoms with Gasteiger partial charge in [-0.2, -0.15) is 0 Å². The molecule has 0 atom stereocenters. The first-order valence-electron chi connectivity index (χ1n) is 8.95. The lowest BCUT2D eigenvalue weighted by atomic mass is 10.2. The van der Waals surface area contributed by atoms with E-state index in [0.29, 0.717) is 34.0 Å². The molecule has 1 N–H and O–H groups in total. The highest BCUT2D eigenvalue weighted by atomic mass is 35.5. The number of hydrogen-bond donors (Lipinski definition) is 1. The molecule has 30 heavy (non-hydrogen) atoms. The highest BCUT2D eigenvalue weighted by Crippen LogP contribution is 2.34. The predicted molar refractivity (Wildman–Crippen MR) is 122 cm³/mol. The second-order valence-corrected chi connectivity index (χ2v) is 8.47. The number of carbonyl (C=O) groups is 1. The molecule has 2 aromatic heterocycles. The number of nitrogens with zero attached hydrogens (tertiary/aromatic N) is 3. The summed E-state index contributed by atoms with van der Waals surface area (Å²) in [5, 5.41) is 13.7. The first-order valence-corrected chi connectivity index (χ1v) is 11.1. The van der Waals surface area contributed by atoms with Crippen LogP contribution in [0, 0.1) is 0 Å². The van der Waals surface area contributed by atoms with Crippen molar-refractivity contribution in [2.24, 2.45) is 0 Å². The molecule has 0 fully saturated rings. The van der Waals surface area contributed by atoms with Gasteiger partial charge in [0, 0.05) is 17.0 Å². The highest BCUT2D eigenvalue weighted by Gasteiger charge is 2.18. The number of nitrogens with one attached hydrogen (secondary N) is 1. The normalized spacial score (nSPS) is 11.2. The van der Waals surface area contributed by atoms with Gasteiger partial charge in [-0.25, -0.2) is 0 Å². The quantitative estimate of drug-likeness (QED) is 0.322. The van der Waals surface area contributed by atoms with Crippen molar-refractivity contribution in [3.05, 3.63) is 57.5 Å². The molecule has 10 heteroatoms. The molecule has 4 aromatic rings. The number of benzene rings is 2. The molecule has 0 saturated heterocycles. The van der Waals surface area contributed by atoms with Gasteiger partial charge in [0.25, 0.3) is 0 Å². The van der Waals surface area contributed by atoms with Crippen molar-refractivity contribution in [3.63, 3.8) is 0 Å². The third-order valence-electron chi connectivity index (χ3n) is 4.28. The number of halogens is 3. The van der Waals surface area contributed by atoms with Crippen LogP contribution in [-0.2, 0) is 11.3 Å². The number of rotatable bonds is 6. The summed E-state index contributed by atoms with van der Waals surface area (Å²) in [6.45, 7) is 2.60. The summed E-state index contributed by atoms with van der Waals surface area (Å²) in [4.78, 5) is 12.4. The van der Waals surface area contributed by atoms with Gasteiger partial charge in [0.05, 0.1) is 21.5 Å². The van der Waals surface area contributed by atoms with E-state index in [0.717, 1.165) is 11.0 Å². The van der Waals surface area contributed by atoms with Gasteiger partial charge in [0.15, 0.2) is 10.9 Å². The zero-order valence-corrected chi connectivity index (χ0v) is 18.7. The van der Waals surface area contributed by atoms with E-state index in [-0.39, 0.29) is 21.7 Å². The predicted octanol–water partition coefficient (Wildman–Crippen LogP) is 6.40. The van der Waals surface area contributed by atoms with E-state index in [1.807, 2.05) is 41.8 Å². The topological polar surface area (TPSA) is 73.0 Å². The molecule has 0 unspecified atom stereocenters. The van der Waals surface area contributed by atoms with Crippen molar-refractivity contribution in [2.45, 2.75) is 18.6 Å². The Balaban J connectivity index is 1.50. The summed E-state index contributed by atoms with van der Waals surface area (Å²) >= 11 is 19.4. The number of anilines is 1. The number of fused-ring (bicyclic) bond motifs is 1. The standard InChI is InChI=1S/C20H15Cl3N4O2S/c1-2-27-19(16-7-11-5-3-4-6-15(11)29-16)25-26-20(27)30-10-17(28)24-18-13(22)8-12(21)9-14(18)23/h3-9H,2,10H2,1H3,(H,24,28). The maximum atomic E-state index is 12.4. The van der Waals surface area contributed by atoms with Crippen LogP contribution >= 0.6 is 46.6 Å². The third kappa shape index (κ3) is 4.30. The molecule has 6 nitrogen and oxygen atoms in total. The molecule has 0 aliphatic rings. The van der Waals surface area contributed by atoms with Crippen LogP contribution in [0.1, 0.15) is 6.92 Å². The van der Waals surface area contributed by atoms with Crippen LogP contribution in [0.25, 0.3) is 22.6 Å². The van der Waals surface area contributed by atoms with Gasteiger partial charge < -0.3 is 9.73 Å². The van der Waals surface area contributed by atoms with Crippen molar-refractivity contribution < 1.29 is 9.21 Å². The summed E-state index contributed by atoms with van der Waals surface area (Å²) in [6, 6.07) is 12.7. The smallest absolute Gasteiger partial charge is 0.234 e. The number of amides is 1. The SMILES string of the molecule is CCn1c(SCC(=O)Nc2c(Cl)cc(Cl)cc2Cl)nnc1-c1cc2ccccc2o1. The second-order valence-electron chi connectivity index (χ2n) is 6.28. The Morgan fingerprint density at radius 1 is 1.13 bits per heavy atom. The van der Waals surface area contributed by atoms with Gasteiger partial charge in [0.2, 0.25) is 11.7 Å². The molecule has 2 aromatic carbocycles. The van der Waals surface area contributed by atoms with Gasteiger partial charge >= 0.3 is 0 Å². The van der Waals surface area contributed by atoms with E-state index < -0.39 is 0 Å². The fourth-order valence-electron chi connectivity index (χ4n) is 2.92. The Hall–Kier alpha value is -2.19. The maximum absolute atomic E-state index is 12.4. The van der Waals surface area contributed by atoms with Crippen molar-refractivity contribution in [3.8, 4) is 11.6 Å². The fraction of sp³-hybridized carbons (Fsp3) is 0.150. The van der Waals surface area contributed by atoms with Gasteiger partial charge in [-0.15, -0.1) is 10.2 Å². The van der Waals surface area contributed by atoms with E-state index in [1.54, 1.807) is 0 Å². The average Bonchev–Trinajstić information content (AvgIpc) is 3.32. The number of thioether (sulfide) groups is 1. The molecule has 0 radical (unpaired) electrons. The third-order valence-corrected chi connectivity index (χ3v) is 6.06. The average molecular weight is 482 g/mol. The maximum Gasteiger partial charge on any atom is 0.234 e. The van der Waals surface area contributed by atoms with Crippen LogP contribution in [0.3, 0.4) is 0 Å². The van der Waals surface area contributed by atoms with Crippen LogP contribution in [0.5, 0.6) is 0 Å². The van der Waals surface area contributed by atoms with Crippen LogP contribution in [0.4, 0.5) is 5.69 Å². The molecular weight excluding hydrogens is 467 g/mol. The summed E-state index contributed by atoms with van der Waals surface area (Å²) in [5.41, 5.74) is 1.11. The minimum atomic E-state index is -0.276. The lowest BCUT2D eigenvalue weighted by molar-refractivity contribution is -0.113. The molecule has 0 aliphatic heterocycles. The van der Waals surface area contributed by atoms with Gasteiger partial charge in [-0.05, 0) is 31.2 Å². The Kier molecular flexibility index (Phi) is 6.24. The van der Waals surface area contributed by atoms with Gasteiger partial charge in [0.1, 0.15) is 5.58 Å². The minimum absolute atomic E-state index is 0.105. The summed E-state index contributed by atoms with van der Waals surface area (Å²) in [7, 11) is 0. The van der Waals surface area contributed by atoms with Crippen molar-refractivity contribution in [2.75, 3.05) is 11.1 Å².